The van der Waals surface area contributed by atoms with Crippen molar-refractivity contribution in [3.8, 4) is 0 Å². The lowest BCUT2D eigenvalue weighted by molar-refractivity contribution is -0.117. The van der Waals surface area contributed by atoms with E-state index in [1.165, 1.54) is 12.1 Å². The van der Waals surface area contributed by atoms with Crippen LogP contribution in [0.25, 0.3) is 0 Å². The van der Waals surface area contributed by atoms with Crippen LogP contribution < -0.4 is 11.1 Å². The quantitative estimate of drug-likeness (QED) is 0.857. The number of para-hydroxylation sites is 1. The van der Waals surface area contributed by atoms with Crippen LogP contribution in [0.4, 0.5) is 10.1 Å². The summed E-state index contributed by atoms with van der Waals surface area (Å²) in [6.07, 6.45) is 1.42. The first-order chi connectivity index (χ1) is 7.15. The number of rotatable bonds is 4. The minimum absolute atomic E-state index is 0. The number of hydrogen-bond donors (Lipinski definition) is 2. The Bertz CT molecular complexity index is 347. The van der Waals surface area contributed by atoms with Gasteiger partial charge in [-0.15, -0.1) is 12.4 Å². The number of halogens is 2. The maximum absolute atomic E-state index is 13.1. The van der Waals surface area contributed by atoms with E-state index in [2.05, 4.69) is 5.32 Å². The highest BCUT2D eigenvalue weighted by atomic mass is 35.5. The van der Waals surface area contributed by atoms with Crippen molar-refractivity contribution in [1.29, 1.82) is 0 Å². The Morgan fingerprint density at radius 1 is 1.50 bits per heavy atom. The highest BCUT2D eigenvalue weighted by molar-refractivity contribution is 5.94. The molecular weight excluding hydrogens is 231 g/mol. The van der Waals surface area contributed by atoms with Crippen LogP contribution in [0.15, 0.2) is 24.3 Å². The zero-order chi connectivity index (χ0) is 11.3. The molecule has 0 aromatic heterocycles. The molecule has 5 heteroatoms. The zero-order valence-electron chi connectivity index (χ0n) is 9.07. The van der Waals surface area contributed by atoms with Crippen molar-refractivity contribution in [3.63, 3.8) is 0 Å². The maximum Gasteiger partial charge on any atom is 0.241 e. The third kappa shape index (κ3) is 4.16. The third-order valence-corrected chi connectivity index (χ3v) is 2.07. The first-order valence-electron chi connectivity index (χ1n) is 4.96. The monoisotopic (exact) mass is 246 g/mol. The van der Waals surface area contributed by atoms with Crippen LogP contribution in [0.5, 0.6) is 0 Å². The fourth-order valence-corrected chi connectivity index (χ4v) is 1.23. The molecule has 1 atom stereocenters. The Balaban J connectivity index is 0.00000225. The van der Waals surface area contributed by atoms with Crippen LogP contribution in [0.2, 0.25) is 0 Å². The molecule has 1 unspecified atom stereocenters. The van der Waals surface area contributed by atoms with Crippen molar-refractivity contribution in [2.45, 2.75) is 25.8 Å². The third-order valence-electron chi connectivity index (χ3n) is 2.07. The van der Waals surface area contributed by atoms with Gasteiger partial charge in [-0.3, -0.25) is 4.79 Å². The Morgan fingerprint density at radius 3 is 2.69 bits per heavy atom. The van der Waals surface area contributed by atoms with E-state index in [-0.39, 0.29) is 24.0 Å². The van der Waals surface area contributed by atoms with Gasteiger partial charge in [0.1, 0.15) is 5.82 Å². The van der Waals surface area contributed by atoms with Crippen LogP contribution >= 0.6 is 12.4 Å². The molecule has 0 aliphatic carbocycles. The SMILES string of the molecule is CCCC(N)C(=O)Nc1ccccc1F.Cl. The molecular formula is C11H16ClFN2O. The molecule has 1 rings (SSSR count). The first kappa shape index (κ1) is 14.9. The molecule has 0 bridgehead atoms. The minimum atomic E-state index is -0.574. The van der Waals surface area contributed by atoms with Gasteiger partial charge in [0.2, 0.25) is 5.91 Å². The van der Waals surface area contributed by atoms with Gasteiger partial charge in [0, 0.05) is 0 Å². The second-order valence-corrected chi connectivity index (χ2v) is 3.36. The molecule has 1 amide bonds. The van der Waals surface area contributed by atoms with Crippen molar-refractivity contribution in [2.75, 3.05) is 5.32 Å². The Morgan fingerprint density at radius 2 is 2.12 bits per heavy atom. The van der Waals surface area contributed by atoms with Gasteiger partial charge in [-0.1, -0.05) is 25.5 Å². The van der Waals surface area contributed by atoms with E-state index in [4.69, 9.17) is 5.73 Å². The predicted octanol–water partition coefficient (Wildman–Crippen LogP) is 2.31. The summed E-state index contributed by atoms with van der Waals surface area (Å²) in [7, 11) is 0. The summed E-state index contributed by atoms with van der Waals surface area (Å²) in [6, 6.07) is 5.45. The summed E-state index contributed by atoms with van der Waals surface area (Å²) in [5.74, 6) is -0.795. The molecule has 1 aromatic carbocycles. The molecule has 0 fully saturated rings. The number of nitrogens with one attached hydrogen (secondary N) is 1. The van der Waals surface area contributed by atoms with Gasteiger partial charge in [0.25, 0.3) is 0 Å². The lowest BCUT2D eigenvalue weighted by Gasteiger charge is -2.11. The minimum Gasteiger partial charge on any atom is -0.322 e. The van der Waals surface area contributed by atoms with Crippen LogP contribution in [0, 0.1) is 5.82 Å². The Labute approximate surface area is 101 Å². The number of amides is 1. The smallest absolute Gasteiger partial charge is 0.241 e. The largest absolute Gasteiger partial charge is 0.322 e. The normalized spacial score (nSPS) is 11.4. The number of nitrogens with two attached hydrogens (primary N) is 1. The predicted molar refractivity (Wildman–Crippen MR) is 65.2 cm³/mol. The van der Waals surface area contributed by atoms with Gasteiger partial charge in [-0.05, 0) is 18.6 Å². The van der Waals surface area contributed by atoms with Gasteiger partial charge in [-0.2, -0.15) is 0 Å². The fraction of sp³-hybridized carbons (Fsp3) is 0.364. The van der Waals surface area contributed by atoms with E-state index in [1.54, 1.807) is 12.1 Å². The van der Waals surface area contributed by atoms with E-state index < -0.39 is 11.9 Å². The van der Waals surface area contributed by atoms with Crippen LogP contribution in [-0.4, -0.2) is 11.9 Å². The van der Waals surface area contributed by atoms with Crippen molar-refractivity contribution in [3.05, 3.63) is 30.1 Å². The molecule has 0 radical (unpaired) electrons. The zero-order valence-corrected chi connectivity index (χ0v) is 9.89. The standard InChI is InChI=1S/C11H15FN2O.ClH/c1-2-5-9(13)11(15)14-10-7-4-3-6-8(10)12;/h3-4,6-7,9H,2,5,13H2,1H3,(H,14,15);1H. The number of carbonyl (C=O) groups excluding carboxylic acids is 1. The van der Waals surface area contributed by atoms with Gasteiger partial charge < -0.3 is 11.1 Å². The van der Waals surface area contributed by atoms with E-state index in [9.17, 15) is 9.18 Å². The summed E-state index contributed by atoms with van der Waals surface area (Å²) in [5, 5.41) is 2.46. The average molecular weight is 247 g/mol. The van der Waals surface area contributed by atoms with E-state index in [0.29, 0.717) is 6.42 Å². The van der Waals surface area contributed by atoms with Crippen LogP contribution in [0.1, 0.15) is 19.8 Å². The Hall–Kier alpha value is -1.13. The topological polar surface area (TPSA) is 55.1 Å². The number of hydrogen-bond acceptors (Lipinski definition) is 2. The molecule has 0 aliphatic heterocycles. The number of benzene rings is 1. The number of carbonyl (C=O) groups is 1. The molecule has 0 heterocycles. The van der Waals surface area contributed by atoms with Gasteiger partial charge in [0.15, 0.2) is 0 Å². The van der Waals surface area contributed by atoms with Crippen LogP contribution in [0.3, 0.4) is 0 Å². The van der Waals surface area contributed by atoms with E-state index >= 15 is 0 Å². The highest BCUT2D eigenvalue weighted by Crippen LogP contribution is 2.12. The summed E-state index contributed by atoms with van der Waals surface area (Å²) in [6.45, 7) is 1.94. The lowest BCUT2D eigenvalue weighted by Crippen LogP contribution is -2.35. The molecule has 0 saturated heterocycles. The summed E-state index contributed by atoms with van der Waals surface area (Å²) in [5.41, 5.74) is 5.77. The summed E-state index contributed by atoms with van der Waals surface area (Å²) in [4.78, 5) is 11.5. The van der Waals surface area contributed by atoms with Crippen molar-refractivity contribution in [1.82, 2.24) is 0 Å². The fourth-order valence-electron chi connectivity index (χ4n) is 1.23. The maximum atomic E-state index is 13.1. The van der Waals surface area contributed by atoms with Crippen molar-refractivity contribution in [2.24, 2.45) is 5.73 Å². The average Bonchev–Trinajstić information content (AvgIpc) is 2.21. The molecule has 16 heavy (non-hydrogen) atoms. The van der Waals surface area contributed by atoms with Gasteiger partial charge in [0.05, 0.1) is 11.7 Å². The molecule has 90 valence electrons. The number of anilines is 1. The molecule has 3 nitrogen and oxygen atoms in total. The van der Waals surface area contributed by atoms with E-state index in [1.807, 2.05) is 6.92 Å². The second kappa shape index (κ2) is 7.19. The lowest BCUT2D eigenvalue weighted by atomic mass is 10.1. The summed E-state index contributed by atoms with van der Waals surface area (Å²) >= 11 is 0. The van der Waals surface area contributed by atoms with Gasteiger partial charge in [-0.25, -0.2) is 4.39 Å². The second-order valence-electron chi connectivity index (χ2n) is 3.36. The molecule has 1 aromatic rings. The van der Waals surface area contributed by atoms with Crippen molar-refractivity contribution < 1.29 is 9.18 Å². The van der Waals surface area contributed by atoms with Gasteiger partial charge >= 0.3 is 0 Å². The first-order valence-corrected chi connectivity index (χ1v) is 4.96. The van der Waals surface area contributed by atoms with Crippen LogP contribution in [-0.2, 0) is 4.79 Å². The molecule has 3 N–H and O–H groups in total. The van der Waals surface area contributed by atoms with E-state index in [0.717, 1.165) is 6.42 Å². The Kier molecular flexibility index (Phi) is 6.69. The van der Waals surface area contributed by atoms with Crippen molar-refractivity contribution >= 4 is 24.0 Å². The molecule has 0 spiro atoms. The highest BCUT2D eigenvalue weighted by Gasteiger charge is 2.13. The molecule has 0 saturated carbocycles. The molecule has 0 aliphatic rings. The summed E-state index contributed by atoms with van der Waals surface area (Å²) < 4.78 is 13.1.